The Hall–Kier alpha value is -2.14. The van der Waals surface area contributed by atoms with Crippen molar-refractivity contribution in [1.29, 1.82) is 0 Å². The van der Waals surface area contributed by atoms with Gasteiger partial charge in [-0.15, -0.1) is 0 Å². The molecule has 1 aromatic rings. The predicted molar refractivity (Wildman–Crippen MR) is 96.3 cm³/mol. The number of hydrogen-bond donors (Lipinski definition) is 0. The van der Waals surface area contributed by atoms with Gasteiger partial charge in [0.2, 0.25) is 5.91 Å². The lowest BCUT2D eigenvalue weighted by atomic mass is 9.77. The predicted octanol–water partition coefficient (Wildman–Crippen LogP) is 2.35. The maximum atomic E-state index is 13.0. The summed E-state index contributed by atoms with van der Waals surface area (Å²) < 4.78 is 11.5. The van der Waals surface area contributed by atoms with Crippen LogP contribution in [-0.2, 0) is 25.5 Å². The molecule has 5 nitrogen and oxygen atoms in total. The zero-order valence-electron chi connectivity index (χ0n) is 15.1. The molecule has 138 valence electrons. The van der Waals surface area contributed by atoms with Gasteiger partial charge in [-0.1, -0.05) is 55.8 Å². The fraction of sp³-hybridized carbons (Fsp3) is 0.524. The summed E-state index contributed by atoms with van der Waals surface area (Å²) in [7, 11) is 0. The van der Waals surface area contributed by atoms with Gasteiger partial charge in [-0.25, -0.2) is 0 Å². The molecule has 2 saturated heterocycles. The molecule has 4 atom stereocenters. The van der Waals surface area contributed by atoms with Crippen LogP contribution in [0.5, 0.6) is 0 Å². The first-order chi connectivity index (χ1) is 12.6. The average molecular weight is 355 g/mol. The number of fused-ring (bicyclic) bond motifs is 1. The summed E-state index contributed by atoms with van der Waals surface area (Å²) in [4.78, 5) is 27.5. The van der Waals surface area contributed by atoms with E-state index in [4.69, 9.17) is 9.47 Å². The van der Waals surface area contributed by atoms with Gasteiger partial charge in [-0.3, -0.25) is 9.59 Å². The number of amides is 1. The highest BCUT2D eigenvalue weighted by atomic mass is 16.6. The lowest BCUT2D eigenvalue weighted by Crippen LogP contribution is -2.40. The van der Waals surface area contributed by atoms with Crippen LogP contribution in [-0.4, -0.2) is 48.2 Å². The van der Waals surface area contributed by atoms with Gasteiger partial charge in [0.15, 0.2) is 0 Å². The molecule has 1 spiro atoms. The highest BCUT2D eigenvalue weighted by Crippen LogP contribution is 2.52. The van der Waals surface area contributed by atoms with Crippen molar-refractivity contribution in [3.05, 3.63) is 48.0 Å². The summed E-state index contributed by atoms with van der Waals surface area (Å²) >= 11 is 0. The first-order valence-electron chi connectivity index (χ1n) is 9.51. The molecule has 0 radical (unpaired) electrons. The molecule has 0 N–H and O–H groups in total. The molecular formula is C21H25NO4. The Morgan fingerprint density at radius 3 is 2.92 bits per heavy atom. The normalized spacial score (nSPS) is 31.5. The number of hydrogen-bond acceptors (Lipinski definition) is 4. The highest BCUT2D eigenvalue weighted by molar-refractivity contribution is 5.91. The van der Waals surface area contributed by atoms with E-state index < -0.39 is 17.4 Å². The molecule has 0 unspecified atom stereocenters. The number of likely N-dealkylation sites (tertiary alicyclic amines) is 1. The van der Waals surface area contributed by atoms with E-state index in [0.29, 0.717) is 19.7 Å². The first-order valence-corrected chi connectivity index (χ1v) is 9.51. The van der Waals surface area contributed by atoms with Gasteiger partial charge in [0.25, 0.3) is 0 Å². The van der Waals surface area contributed by atoms with Crippen LogP contribution in [0.1, 0.15) is 25.3 Å². The Balaban J connectivity index is 1.45. The van der Waals surface area contributed by atoms with Gasteiger partial charge in [0.1, 0.15) is 11.5 Å². The van der Waals surface area contributed by atoms with E-state index in [1.807, 2.05) is 35.3 Å². The van der Waals surface area contributed by atoms with Crippen molar-refractivity contribution >= 4 is 11.9 Å². The minimum atomic E-state index is -0.646. The van der Waals surface area contributed by atoms with Crippen molar-refractivity contribution in [3.63, 3.8) is 0 Å². The molecule has 0 saturated carbocycles. The number of nitrogens with zero attached hydrogens (tertiary/aromatic N) is 1. The zero-order chi connectivity index (χ0) is 18.1. The topological polar surface area (TPSA) is 55.8 Å². The molecular weight excluding hydrogens is 330 g/mol. The van der Waals surface area contributed by atoms with Crippen LogP contribution in [0.2, 0.25) is 0 Å². The van der Waals surface area contributed by atoms with Gasteiger partial charge in [0, 0.05) is 6.54 Å². The maximum absolute atomic E-state index is 13.0. The van der Waals surface area contributed by atoms with Gasteiger partial charge in [-0.05, 0) is 18.4 Å². The monoisotopic (exact) mass is 355 g/mol. The average Bonchev–Trinajstić information content (AvgIpc) is 3.29. The van der Waals surface area contributed by atoms with E-state index in [1.165, 1.54) is 5.56 Å². The molecule has 3 aliphatic rings. The third-order valence-electron chi connectivity index (χ3n) is 5.71. The summed E-state index contributed by atoms with van der Waals surface area (Å²) in [6.07, 6.45) is 6.20. The van der Waals surface area contributed by atoms with Crippen molar-refractivity contribution < 1.29 is 19.1 Å². The Morgan fingerprint density at radius 2 is 2.15 bits per heavy atom. The van der Waals surface area contributed by atoms with Crippen LogP contribution in [0.4, 0.5) is 0 Å². The van der Waals surface area contributed by atoms with Crippen LogP contribution in [0.3, 0.4) is 0 Å². The standard InChI is InChI=1S/C21H25NO4/c1-2-3-13-25-20(24)17-16-9-11-21(26-16)14-22(19(23)18(17)21)12-10-15-7-5-4-6-8-15/h4-9,11,16-18H,2-3,10,12-14H2,1H3/t16-,17+,18-,21+/m0/s1. The van der Waals surface area contributed by atoms with Gasteiger partial charge >= 0.3 is 5.97 Å². The third kappa shape index (κ3) is 2.84. The molecule has 5 heteroatoms. The SMILES string of the molecule is CCCCOC(=O)[C@@H]1[C@@H]2C=C[C@]3(CN(CCc4ccccc4)C(=O)[C@H]13)O2. The fourth-order valence-corrected chi connectivity index (χ4v) is 4.36. The number of benzene rings is 1. The van der Waals surface area contributed by atoms with E-state index in [9.17, 15) is 9.59 Å². The van der Waals surface area contributed by atoms with E-state index in [-0.39, 0.29) is 18.0 Å². The second-order valence-corrected chi connectivity index (χ2v) is 7.42. The molecule has 2 fully saturated rings. The molecule has 0 aliphatic carbocycles. The highest BCUT2D eigenvalue weighted by Gasteiger charge is 2.67. The molecule has 3 heterocycles. The third-order valence-corrected chi connectivity index (χ3v) is 5.71. The molecule has 1 aromatic carbocycles. The Labute approximate surface area is 154 Å². The first kappa shape index (κ1) is 17.3. The number of esters is 1. The van der Waals surface area contributed by atoms with E-state index in [1.54, 1.807) is 0 Å². The number of carbonyl (C=O) groups is 2. The van der Waals surface area contributed by atoms with Crippen LogP contribution in [0.25, 0.3) is 0 Å². The van der Waals surface area contributed by atoms with Crippen LogP contribution in [0.15, 0.2) is 42.5 Å². The van der Waals surface area contributed by atoms with E-state index >= 15 is 0 Å². The van der Waals surface area contributed by atoms with Crippen LogP contribution < -0.4 is 0 Å². The molecule has 2 bridgehead atoms. The van der Waals surface area contributed by atoms with Crippen LogP contribution >= 0.6 is 0 Å². The van der Waals surface area contributed by atoms with Gasteiger partial charge < -0.3 is 14.4 Å². The molecule has 1 amide bonds. The van der Waals surface area contributed by atoms with Crippen molar-refractivity contribution in [2.45, 2.75) is 37.9 Å². The molecule has 0 aromatic heterocycles. The lowest BCUT2D eigenvalue weighted by Gasteiger charge is -2.22. The maximum Gasteiger partial charge on any atom is 0.312 e. The van der Waals surface area contributed by atoms with Crippen molar-refractivity contribution in [2.75, 3.05) is 19.7 Å². The van der Waals surface area contributed by atoms with Crippen LogP contribution in [0, 0.1) is 11.8 Å². The number of carbonyl (C=O) groups excluding carboxylic acids is 2. The lowest BCUT2D eigenvalue weighted by molar-refractivity contribution is -0.153. The van der Waals surface area contributed by atoms with Gasteiger partial charge in [0.05, 0.1) is 25.2 Å². The Morgan fingerprint density at radius 1 is 1.35 bits per heavy atom. The number of rotatable bonds is 7. The molecule has 4 rings (SSSR count). The summed E-state index contributed by atoms with van der Waals surface area (Å²) in [5.74, 6) is -1.23. The molecule has 3 aliphatic heterocycles. The molecule has 26 heavy (non-hydrogen) atoms. The van der Waals surface area contributed by atoms with Crippen molar-refractivity contribution in [1.82, 2.24) is 4.90 Å². The number of unbranched alkanes of at least 4 members (excludes halogenated alkanes) is 1. The van der Waals surface area contributed by atoms with Gasteiger partial charge in [-0.2, -0.15) is 0 Å². The summed E-state index contributed by atoms with van der Waals surface area (Å²) in [6, 6.07) is 10.1. The zero-order valence-corrected chi connectivity index (χ0v) is 15.1. The largest absolute Gasteiger partial charge is 0.465 e. The summed E-state index contributed by atoms with van der Waals surface area (Å²) in [6.45, 7) is 3.63. The van der Waals surface area contributed by atoms with E-state index in [2.05, 4.69) is 19.1 Å². The second kappa shape index (κ2) is 6.88. The fourth-order valence-electron chi connectivity index (χ4n) is 4.36. The van der Waals surface area contributed by atoms with Crippen molar-refractivity contribution in [3.8, 4) is 0 Å². The van der Waals surface area contributed by atoms with E-state index in [0.717, 1.165) is 19.3 Å². The summed E-state index contributed by atoms with van der Waals surface area (Å²) in [5.41, 5.74) is 0.554. The smallest absolute Gasteiger partial charge is 0.312 e. The Kier molecular flexibility index (Phi) is 4.57. The minimum absolute atomic E-state index is 0.0187. The van der Waals surface area contributed by atoms with Crippen molar-refractivity contribution in [2.24, 2.45) is 11.8 Å². The second-order valence-electron chi connectivity index (χ2n) is 7.42. The minimum Gasteiger partial charge on any atom is -0.465 e. The Bertz CT molecular complexity index is 716. The quantitative estimate of drug-likeness (QED) is 0.428. The number of ether oxygens (including phenoxy) is 2. The summed E-state index contributed by atoms with van der Waals surface area (Å²) in [5, 5.41) is 0.